The molecule has 23 heavy (non-hydrogen) atoms. The number of benzene rings is 1. The summed E-state index contributed by atoms with van der Waals surface area (Å²) >= 11 is 3.54. The lowest BCUT2D eigenvalue weighted by molar-refractivity contribution is 0.192. The zero-order valence-corrected chi connectivity index (χ0v) is 14.4. The lowest BCUT2D eigenvalue weighted by Crippen LogP contribution is -2.08. The first kappa shape index (κ1) is 14.6. The molecule has 0 saturated heterocycles. The van der Waals surface area contributed by atoms with Gasteiger partial charge in [0.15, 0.2) is 11.6 Å². The van der Waals surface area contributed by atoms with Crippen LogP contribution in [0, 0.1) is 6.92 Å². The number of fused-ring (bicyclic) bond motifs is 5. The molecule has 1 aliphatic heterocycles. The van der Waals surface area contributed by atoms with Gasteiger partial charge in [-0.05, 0) is 32.0 Å². The third-order valence-corrected chi connectivity index (χ3v) is 4.52. The highest BCUT2D eigenvalue weighted by atomic mass is 79.9. The van der Waals surface area contributed by atoms with Crippen LogP contribution in [-0.4, -0.2) is 35.5 Å². The number of aliphatic hydroxyl groups is 1. The van der Waals surface area contributed by atoms with E-state index in [4.69, 9.17) is 0 Å². The van der Waals surface area contributed by atoms with Crippen molar-refractivity contribution in [2.24, 2.45) is 0 Å². The van der Waals surface area contributed by atoms with Crippen LogP contribution in [0.15, 0.2) is 29.0 Å². The van der Waals surface area contributed by atoms with Gasteiger partial charge in [-0.25, -0.2) is 14.6 Å². The summed E-state index contributed by atoms with van der Waals surface area (Å²) < 4.78 is 4.99. The predicted octanol–water partition coefficient (Wildman–Crippen LogP) is 2.49. The van der Waals surface area contributed by atoms with E-state index in [0.29, 0.717) is 18.8 Å². The Labute approximate surface area is 141 Å². The van der Waals surface area contributed by atoms with Gasteiger partial charge >= 0.3 is 0 Å². The second kappa shape index (κ2) is 5.28. The topological polar surface area (TPSA) is 68.8 Å². The van der Waals surface area contributed by atoms with Crippen LogP contribution in [0.3, 0.4) is 0 Å². The van der Waals surface area contributed by atoms with Crippen molar-refractivity contribution in [2.45, 2.75) is 32.9 Å². The van der Waals surface area contributed by atoms with E-state index >= 15 is 0 Å². The first-order valence-corrected chi connectivity index (χ1v) is 8.27. The number of aromatic nitrogens is 5. The van der Waals surface area contributed by atoms with E-state index in [1.54, 1.807) is 6.92 Å². The molecule has 0 spiro atoms. The number of aryl methyl sites for hydroxylation is 1. The Bertz CT molecular complexity index is 896. The van der Waals surface area contributed by atoms with E-state index in [-0.39, 0.29) is 0 Å². The number of aliphatic hydroxyl groups excluding tert-OH is 1. The van der Waals surface area contributed by atoms with Crippen molar-refractivity contribution in [1.82, 2.24) is 24.3 Å². The third kappa shape index (κ3) is 2.40. The number of hydrogen-bond donors (Lipinski definition) is 1. The average Bonchev–Trinajstić information content (AvgIpc) is 3.01. The van der Waals surface area contributed by atoms with Gasteiger partial charge < -0.3 is 9.67 Å². The normalized spacial score (nSPS) is 13.9. The van der Waals surface area contributed by atoms with Crippen LogP contribution < -0.4 is 0 Å². The summed E-state index contributed by atoms with van der Waals surface area (Å²) in [6, 6.07) is 6.12. The Hall–Kier alpha value is -1.99. The molecule has 0 bridgehead atoms. The van der Waals surface area contributed by atoms with Crippen LogP contribution >= 0.6 is 15.9 Å². The van der Waals surface area contributed by atoms with Gasteiger partial charge in [0.1, 0.15) is 0 Å². The molecule has 1 aliphatic rings. The van der Waals surface area contributed by atoms with Crippen LogP contribution in [0.5, 0.6) is 0 Å². The maximum atomic E-state index is 9.62. The Morgan fingerprint density at radius 2 is 2.22 bits per heavy atom. The minimum absolute atomic E-state index is 0.446. The molecule has 118 valence electrons. The maximum absolute atomic E-state index is 9.62. The molecule has 0 radical (unpaired) electrons. The Balaban J connectivity index is 1.97. The predicted molar refractivity (Wildman–Crippen MR) is 89.5 cm³/mol. The number of halogens is 1. The minimum atomic E-state index is -0.462. The molecule has 1 atom stereocenters. The van der Waals surface area contributed by atoms with Crippen molar-refractivity contribution in [3.05, 3.63) is 46.2 Å². The summed E-state index contributed by atoms with van der Waals surface area (Å²) in [5, 5.41) is 14.2. The van der Waals surface area contributed by atoms with Crippen LogP contribution in [-0.2, 0) is 13.0 Å². The monoisotopic (exact) mass is 373 g/mol. The van der Waals surface area contributed by atoms with Crippen LogP contribution in [0.4, 0.5) is 0 Å². The summed E-state index contributed by atoms with van der Waals surface area (Å²) in [4.78, 5) is 9.10. The molecule has 7 heteroatoms. The van der Waals surface area contributed by atoms with E-state index in [1.165, 1.54) is 0 Å². The molecule has 2 aromatic heterocycles. The SMILES string of the molecule is Cc1ncn2c1Cn1nc(C[C@@H](C)O)nc1-c1cc(Br)ccc1-2. The smallest absolute Gasteiger partial charge is 0.160 e. The summed E-state index contributed by atoms with van der Waals surface area (Å²) in [6.07, 6.45) is 1.83. The molecule has 0 amide bonds. The van der Waals surface area contributed by atoms with Gasteiger partial charge in [-0.2, -0.15) is 5.10 Å². The van der Waals surface area contributed by atoms with Crippen molar-refractivity contribution >= 4 is 15.9 Å². The number of rotatable bonds is 2. The van der Waals surface area contributed by atoms with Gasteiger partial charge in [0.25, 0.3) is 0 Å². The Morgan fingerprint density at radius 3 is 3.00 bits per heavy atom. The van der Waals surface area contributed by atoms with Gasteiger partial charge in [0.2, 0.25) is 0 Å². The Kier molecular flexibility index (Phi) is 3.35. The van der Waals surface area contributed by atoms with Gasteiger partial charge in [-0.15, -0.1) is 0 Å². The van der Waals surface area contributed by atoms with Crippen LogP contribution in [0.2, 0.25) is 0 Å². The van der Waals surface area contributed by atoms with Gasteiger partial charge in [-0.3, -0.25) is 0 Å². The molecule has 0 fully saturated rings. The van der Waals surface area contributed by atoms with E-state index < -0.39 is 6.10 Å². The first-order chi connectivity index (χ1) is 11.0. The molecule has 3 heterocycles. The molecule has 6 nitrogen and oxygen atoms in total. The summed E-state index contributed by atoms with van der Waals surface area (Å²) in [6.45, 7) is 4.36. The quantitative estimate of drug-likeness (QED) is 0.585. The Morgan fingerprint density at radius 1 is 1.39 bits per heavy atom. The number of hydrogen-bond acceptors (Lipinski definition) is 4. The first-order valence-electron chi connectivity index (χ1n) is 7.48. The van der Waals surface area contributed by atoms with E-state index in [0.717, 1.165) is 32.9 Å². The number of imidazole rings is 1. The van der Waals surface area contributed by atoms with Crippen molar-refractivity contribution in [3.8, 4) is 17.1 Å². The summed E-state index contributed by atoms with van der Waals surface area (Å²) in [5.41, 5.74) is 4.12. The van der Waals surface area contributed by atoms with Gasteiger partial charge in [-0.1, -0.05) is 15.9 Å². The van der Waals surface area contributed by atoms with Gasteiger partial charge in [0.05, 0.1) is 36.1 Å². The maximum Gasteiger partial charge on any atom is 0.160 e. The third-order valence-electron chi connectivity index (χ3n) is 4.03. The average molecular weight is 374 g/mol. The molecule has 0 saturated carbocycles. The molecule has 3 aromatic rings. The van der Waals surface area contributed by atoms with Crippen molar-refractivity contribution in [3.63, 3.8) is 0 Å². The van der Waals surface area contributed by atoms with Crippen molar-refractivity contribution in [2.75, 3.05) is 0 Å². The second-order valence-electron chi connectivity index (χ2n) is 5.87. The highest BCUT2D eigenvalue weighted by Crippen LogP contribution is 2.33. The molecule has 0 aliphatic carbocycles. The lowest BCUT2D eigenvalue weighted by Gasteiger charge is -2.08. The fourth-order valence-electron chi connectivity index (χ4n) is 2.95. The molecule has 1 N–H and O–H groups in total. The summed E-state index contributed by atoms with van der Waals surface area (Å²) in [7, 11) is 0. The zero-order valence-electron chi connectivity index (χ0n) is 12.9. The minimum Gasteiger partial charge on any atom is -0.393 e. The van der Waals surface area contributed by atoms with Crippen LogP contribution in [0.25, 0.3) is 17.1 Å². The van der Waals surface area contributed by atoms with E-state index in [1.807, 2.05) is 30.1 Å². The van der Waals surface area contributed by atoms with Gasteiger partial charge in [0, 0.05) is 16.5 Å². The molecule has 1 aromatic carbocycles. The molecular formula is C16H16BrN5O. The summed E-state index contributed by atoms with van der Waals surface area (Å²) in [5.74, 6) is 1.48. The van der Waals surface area contributed by atoms with Crippen molar-refractivity contribution in [1.29, 1.82) is 0 Å². The second-order valence-corrected chi connectivity index (χ2v) is 6.79. The zero-order chi connectivity index (χ0) is 16.1. The fourth-order valence-corrected chi connectivity index (χ4v) is 3.31. The van der Waals surface area contributed by atoms with Crippen molar-refractivity contribution < 1.29 is 5.11 Å². The largest absolute Gasteiger partial charge is 0.393 e. The lowest BCUT2D eigenvalue weighted by atomic mass is 10.1. The standard InChI is InChI=1S/C16H16BrN5O/c1-9(23)5-15-19-16-12-6-11(17)3-4-13(12)21-8-18-10(2)14(21)7-22(16)20-15/h3-4,6,8-9,23H,5,7H2,1-2H3/t9-/m1/s1. The number of nitrogens with zero attached hydrogens (tertiary/aromatic N) is 5. The molecule has 0 unspecified atom stereocenters. The fraction of sp³-hybridized carbons (Fsp3) is 0.312. The highest BCUT2D eigenvalue weighted by Gasteiger charge is 2.24. The molecular weight excluding hydrogens is 358 g/mol. The highest BCUT2D eigenvalue weighted by molar-refractivity contribution is 9.10. The van der Waals surface area contributed by atoms with E-state index in [2.05, 4.69) is 41.6 Å². The molecule has 4 rings (SSSR count). The van der Waals surface area contributed by atoms with E-state index in [9.17, 15) is 5.11 Å². The van der Waals surface area contributed by atoms with Crippen LogP contribution in [0.1, 0.15) is 24.1 Å².